The third-order valence-electron chi connectivity index (χ3n) is 3.20. The molecule has 0 aliphatic carbocycles. The Morgan fingerprint density at radius 1 is 1.32 bits per heavy atom. The summed E-state index contributed by atoms with van der Waals surface area (Å²) in [6.45, 7) is 2.78. The Balaban J connectivity index is 2.10. The van der Waals surface area contributed by atoms with Gasteiger partial charge in [0.05, 0.1) is 17.6 Å². The smallest absolute Gasteiger partial charge is 0.201 e. The summed E-state index contributed by atoms with van der Waals surface area (Å²) in [4.78, 5) is 8.53. The average molecular weight is 364 g/mol. The highest BCUT2D eigenvalue weighted by molar-refractivity contribution is 14.1. The molecular formula is C14H13IN4. The fourth-order valence-corrected chi connectivity index (χ4v) is 2.61. The van der Waals surface area contributed by atoms with E-state index in [4.69, 9.17) is 5.73 Å². The number of fused-ring (bicyclic) bond motifs is 1. The zero-order valence-corrected chi connectivity index (χ0v) is 12.6. The number of aromatic nitrogens is 3. The van der Waals surface area contributed by atoms with Crippen LogP contribution in [0.1, 0.15) is 11.1 Å². The third-order valence-corrected chi connectivity index (χ3v) is 3.88. The van der Waals surface area contributed by atoms with Gasteiger partial charge in [0.25, 0.3) is 0 Å². The Labute approximate surface area is 124 Å². The van der Waals surface area contributed by atoms with Crippen molar-refractivity contribution in [3.63, 3.8) is 0 Å². The summed E-state index contributed by atoms with van der Waals surface area (Å²) >= 11 is 2.28. The molecule has 2 aromatic heterocycles. The zero-order chi connectivity index (χ0) is 13.4. The first-order chi connectivity index (χ1) is 9.15. The highest BCUT2D eigenvalue weighted by atomic mass is 127. The van der Waals surface area contributed by atoms with Crippen molar-refractivity contribution in [3.05, 3.63) is 51.4 Å². The van der Waals surface area contributed by atoms with Gasteiger partial charge < -0.3 is 10.3 Å². The second-order valence-corrected chi connectivity index (χ2v) is 5.74. The van der Waals surface area contributed by atoms with E-state index in [1.807, 2.05) is 22.9 Å². The van der Waals surface area contributed by atoms with Crippen LogP contribution in [0.25, 0.3) is 11.0 Å². The first-order valence-electron chi connectivity index (χ1n) is 5.96. The predicted octanol–water partition coefficient (Wildman–Crippen LogP) is 2.97. The number of hydrogen-bond donors (Lipinski definition) is 1. The molecule has 0 aliphatic heterocycles. The summed E-state index contributed by atoms with van der Waals surface area (Å²) in [5.41, 5.74) is 10.4. The van der Waals surface area contributed by atoms with Gasteiger partial charge in [-0.15, -0.1) is 0 Å². The van der Waals surface area contributed by atoms with Crippen LogP contribution in [0, 0.1) is 10.5 Å². The molecule has 2 N–H and O–H groups in total. The molecule has 96 valence electrons. The number of hydrogen-bond acceptors (Lipinski definition) is 3. The van der Waals surface area contributed by atoms with Crippen molar-refractivity contribution in [1.82, 2.24) is 14.5 Å². The van der Waals surface area contributed by atoms with Gasteiger partial charge in [0.2, 0.25) is 5.95 Å². The van der Waals surface area contributed by atoms with Crippen LogP contribution in [0.5, 0.6) is 0 Å². The molecule has 0 aliphatic rings. The van der Waals surface area contributed by atoms with E-state index in [0.717, 1.165) is 26.7 Å². The van der Waals surface area contributed by atoms with Crippen molar-refractivity contribution in [2.45, 2.75) is 13.5 Å². The van der Waals surface area contributed by atoms with Gasteiger partial charge in [-0.25, -0.2) is 4.98 Å². The van der Waals surface area contributed by atoms with Gasteiger partial charge in [0, 0.05) is 16.0 Å². The lowest BCUT2D eigenvalue weighted by Crippen LogP contribution is -2.05. The molecule has 0 radical (unpaired) electrons. The van der Waals surface area contributed by atoms with Crippen LogP contribution >= 0.6 is 22.6 Å². The molecule has 2 heterocycles. The Hall–Kier alpha value is -1.63. The van der Waals surface area contributed by atoms with Gasteiger partial charge >= 0.3 is 0 Å². The first-order valence-corrected chi connectivity index (χ1v) is 7.04. The highest BCUT2D eigenvalue weighted by Gasteiger charge is 2.09. The molecule has 0 saturated carbocycles. The molecule has 0 spiro atoms. The number of aryl methyl sites for hydroxylation is 1. The second kappa shape index (κ2) is 4.80. The van der Waals surface area contributed by atoms with E-state index in [0.29, 0.717) is 5.95 Å². The van der Waals surface area contributed by atoms with Crippen molar-refractivity contribution < 1.29 is 0 Å². The minimum atomic E-state index is 0.549. The maximum atomic E-state index is 6.04. The van der Waals surface area contributed by atoms with E-state index in [-0.39, 0.29) is 0 Å². The molecule has 0 atom stereocenters. The van der Waals surface area contributed by atoms with Gasteiger partial charge in [-0.3, -0.25) is 4.98 Å². The van der Waals surface area contributed by atoms with Crippen LogP contribution in [0.3, 0.4) is 0 Å². The lowest BCUT2D eigenvalue weighted by molar-refractivity contribution is 0.829. The Morgan fingerprint density at radius 3 is 2.95 bits per heavy atom. The van der Waals surface area contributed by atoms with E-state index < -0.39 is 0 Å². The lowest BCUT2D eigenvalue weighted by atomic mass is 10.1. The fourth-order valence-electron chi connectivity index (χ4n) is 2.14. The number of rotatable bonds is 2. The molecule has 0 amide bonds. The van der Waals surface area contributed by atoms with E-state index >= 15 is 0 Å². The van der Waals surface area contributed by atoms with Crippen LogP contribution in [0.15, 0.2) is 36.7 Å². The number of nitrogen functional groups attached to an aromatic ring is 1. The molecule has 19 heavy (non-hydrogen) atoms. The number of anilines is 1. The molecule has 3 aromatic rings. The number of halogens is 1. The molecule has 0 fully saturated rings. The van der Waals surface area contributed by atoms with Crippen molar-refractivity contribution in [3.8, 4) is 0 Å². The molecule has 0 unspecified atom stereocenters. The standard InChI is InChI=1S/C14H13IN4/c1-9-7-17-5-4-10(9)8-19-13-3-2-11(15)6-12(13)18-14(19)16/h2-7H,8H2,1H3,(H2,16,18). The third kappa shape index (κ3) is 2.30. The largest absolute Gasteiger partial charge is 0.369 e. The molecule has 1 aromatic carbocycles. The van der Waals surface area contributed by atoms with Gasteiger partial charge in [0.1, 0.15) is 0 Å². The van der Waals surface area contributed by atoms with Crippen molar-refractivity contribution >= 4 is 39.6 Å². The minimum absolute atomic E-state index is 0.549. The lowest BCUT2D eigenvalue weighted by Gasteiger charge is -2.08. The number of nitrogens with two attached hydrogens (primary N) is 1. The van der Waals surface area contributed by atoms with Gasteiger partial charge in [-0.05, 0) is 64.9 Å². The van der Waals surface area contributed by atoms with Crippen LogP contribution in [0.4, 0.5) is 5.95 Å². The Kier molecular flexibility index (Phi) is 3.14. The number of imidazole rings is 1. The molecule has 4 nitrogen and oxygen atoms in total. The van der Waals surface area contributed by atoms with Crippen LogP contribution < -0.4 is 5.73 Å². The van der Waals surface area contributed by atoms with Crippen LogP contribution in [-0.2, 0) is 6.54 Å². The summed E-state index contributed by atoms with van der Waals surface area (Å²) < 4.78 is 3.20. The predicted molar refractivity (Wildman–Crippen MR) is 84.9 cm³/mol. The molecule has 5 heteroatoms. The van der Waals surface area contributed by atoms with E-state index in [9.17, 15) is 0 Å². The first kappa shape index (κ1) is 12.4. The van der Waals surface area contributed by atoms with Gasteiger partial charge in [0.15, 0.2) is 0 Å². The number of benzene rings is 1. The summed E-state index contributed by atoms with van der Waals surface area (Å²) in [7, 11) is 0. The summed E-state index contributed by atoms with van der Waals surface area (Å²) in [6.07, 6.45) is 3.67. The van der Waals surface area contributed by atoms with Crippen LogP contribution in [-0.4, -0.2) is 14.5 Å². The quantitative estimate of drug-likeness (QED) is 0.712. The van der Waals surface area contributed by atoms with Crippen molar-refractivity contribution in [2.75, 3.05) is 5.73 Å². The van der Waals surface area contributed by atoms with Crippen molar-refractivity contribution in [1.29, 1.82) is 0 Å². The number of pyridine rings is 1. The topological polar surface area (TPSA) is 56.7 Å². The SMILES string of the molecule is Cc1cnccc1Cn1c(N)nc2cc(I)ccc21. The monoisotopic (exact) mass is 364 g/mol. The molecule has 0 bridgehead atoms. The average Bonchev–Trinajstić information content (AvgIpc) is 2.68. The highest BCUT2D eigenvalue weighted by Crippen LogP contribution is 2.22. The maximum absolute atomic E-state index is 6.04. The zero-order valence-electron chi connectivity index (χ0n) is 10.5. The van der Waals surface area contributed by atoms with Gasteiger partial charge in [-0.2, -0.15) is 0 Å². The van der Waals surface area contributed by atoms with E-state index in [1.54, 1.807) is 6.20 Å². The summed E-state index contributed by atoms with van der Waals surface area (Å²) in [5, 5.41) is 0. The maximum Gasteiger partial charge on any atom is 0.201 e. The minimum Gasteiger partial charge on any atom is -0.369 e. The molecule has 3 rings (SSSR count). The molecular weight excluding hydrogens is 351 g/mol. The number of nitrogens with zero attached hydrogens (tertiary/aromatic N) is 3. The summed E-state index contributed by atoms with van der Waals surface area (Å²) in [6, 6.07) is 8.20. The van der Waals surface area contributed by atoms with Gasteiger partial charge in [-0.1, -0.05) is 0 Å². The second-order valence-electron chi connectivity index (χ2n) is 4.49. The summed E-state index contributed by atoms with van der Waals surface area (Å²) in [5.74, 6) is 0.549. The van der Waals surface area contributed by atoms with E-state index in [1.165, 1.54) is 5.56 Å². The van der Waals surface area contributed by atoms with Crippen LogP contribution in [0.2, 0.25) is 0 Å². The molecule has 0 saturated heterocycles. The Morgan fingerprint density at radius 2 is 2.16 bits per heavy atom. The van der Waals surface area contributed by atoms with Crippen molar-refractivity contribution in [2.24, 2.45) is 0 Å². The fraction of sp³-hybridized carbons (Fsp3) is 0.143. The normalized spacial score (nSPS) is 11.1. The Bertz CT molecular complexity index is 748. The van der Waals surface area contributed by atoms with E-state index in [2.05, 4.69) is 51.6 Å².